The minimum absolute atomic E-state index is 0.0301. The molecule has 0 aliphatic rings. The fourth-order valence-corrected chi connectivity index (χ4v) is 2.09. The maximum Gasteiger partial charge on any atom is 0.213 e. The quantitative estimate of drug-likeness (QED) is 0.658. The Morgan fingerprint density at radius 1 is 1.24 bits per heavy atom. The van der Waals surface area contributed by atoms with Crippen LogP contribution in [-0.4, -0.2) is 21.0 Å². The molecule has 2 heterocycles. The number of carbonyl (C=O) groups excluding carboxylic acids is 1. The van der Waals surface area contributed by atoms with Crippen molar-refractivity contribution in [1.29, 1.82) is 0 Å². The van der Waals surface area contributed by atoms with Crippen molar-refractivity contribution in [3.8, 4) is 0 Å². The minimum atomic E-state index is -0.0301. The molecule has 0 saturated heterocycles. The van der Waals surface area contributed by atoms with Crippen LogP contribution >= 0.6 is 0 Å². The molecule has 1 aromatic carbocycles. The van der Waals surface area contributed by atoms with Gasteiger partial charge in [-0.2, -0.15) is 5.10 Å². The highest BCUT2D eigenvalue weighted by atomic mass is 16.1. The number of nitrogens with one attached hydrogen (secondary N) is 2. The van der Waals surface area contributed by atoms with Crippen LogP contribution in [0.5, 0.6) is 0 Å². The summed E-state index contributed by atoms with van der Waals surface area (Å²) in [5.74, 6) is -0.0301. The van der Waals surface area contributed by atoms with E-state index in [2.05, 4.69) is 15.2 Å². The summed E-state index contributed by atoms with van der Waals surface area (Å²) in [5.41, 5.74) is 3.08. The largest absolute Gasteiger partial charge is 0.358 e. The molecule has 2 aromatic heterocycles. The van der Waals surface area contributed by atoms with E-state index < -0.39 is 0 Å². The molecule has 0 fully saturated rings. The fraction of sp³-hybridized carbons (Fsp3) is 0.0769. The summed E-state index contributed by atoms with van der Waals surface area (Å²) < 4.78 is 0. The normalized spacial score (nSPS) is 10.9. The molecule has 4 nitrogen and oxygen atoms in total. The lowest BCUT2D eigenvalue weighted by Crippen LogP contribution is -2.02. The zero-order valence-electron chi connectivity index (χ0n) is 9.32. The number of ketones is 1. The number of benzene rings is 1. The maximum absolute atomic E-state index is 12.3. The number of carbonyl (C=O) groups is 1. The molecule has 0 amide bonds. The van der Waals surface area contributed by atoms with Crippen molar-refractivity contribution in [3.63, 3.8) is 0 Å². The van der Waals surface area contributed by atoms with Gasteiger partial charge in [0.05, 0.1) is 5.56 Å². The molecule has 0 bridgehead atoms. The van der Waals surface area contributed by atoms with Crippen molar-refractivity contribution >= 4 is 16.7 Å². The SMILES string of the molecule is Cc1[nH]c2ccccc2c1C(=O)c1ccn[nH]1. The molecule has 84 valence electrons. The third kappa shape index (κ3) is 1.45. The lowest BCUT2D eigenvalue weighted by atomic mass is 10.0. The highest BCUT2D eigenvalue weighted by Crippen LogP contribution is 2.23. The van der Waals surface area contributed by atoms with Crippen LogP contribution in [0.4, 0.5) is 0 Å². The Hall–Kier alpha value is -2.36. The Labute approximate surface area is 97.7 Å². The van der Waals surface area contributed by atoms with Gasteiger partial charge < -0.3 is 4.98 Å². The molecule has 2 N–H and O–H groups in total. The first-order valence-corrected chi connectivity index (χ1v) is 5.39. The van der Waals surface area contributed by atoms with E-state index in [0.717, 1.165) is 16.6 Å². The van der Waals surface area contributed by atoms with Gasteiger partial charge in [0.15, 0.2) is 0 Å². The van der Waals surface area contributed by atoms with Crippen LogP contribution in [0.2, 0.25) is 0 Å². The van der Waals surface area contributed by atoms with Crippen LogP contribution < -0.4 is 0 Å². The van der Waals surface area contributed by atoms with Gasteiger partial charge >= 0.3 is 0 Å². The van der Waals surface area contributed by atoms with E-state index in [-0.39, 0.29) is 5.78 Å². The first kappa shape index (κ1) is 9.84. The summed E-state index contributed by atoms with van der Waals surface area (Å²) in [6.45, 7) is 1.91. The van der Waals surface area contributed by atoms with E-state index in [1.165, 1.54) is 0 Å². The lowest BCUT2D eigenvalue weighted by Gasteiger charge is -1.97. The molecule has 0 saturated carbocycles. The van der Waals surface area contributed by atoms with Crippen LogP contribution in [0, 0.1) is 6.92 Å². The summed E-state index contributed by atoms with van der Waals surface area (Å²) in [7, 11) is 0. The average molecular weight is 225 g/mol. The zero-order valence-corrected chi connectivity index (χ0v) is 9.32. The number of rotatable bonds is 2. The lowest BCUT2D eigenvalue weighted by molar-refractivity contribution is 0.103. The first-order chi connectivity index (χ1) is 8.27. The third-order valence-electron chi connectivity index (χ3n) is 2.87. The molecule has 0 spiro atoms. The molecule has 0 radical (unpaired) electrons. The highest BCUT2D eigenvalue weighted by molar-refractivity contribution is 6.16. The average Bonchev–Trinajstić information content (AvgIpc) is 2.94. The van der Waals surface area contributed by atoms with E-state index in [1.54, 1.807) is 12.3 Å². The summed E-state index contributed by atoms with van der Waals surface area (Å²) in [4.78, 5) is 15.5. The molecular weight excluding hydrogens is 214 g/mol. The summed E-state index contributed by atoms with van der Waals surface area (Å²) >= 11 is 0. The van der Waals surface area contributed by atoms with Gasteiger partial charge in [-0.25, -0.2) is 0 Å². The molecular formula is C13H11N3O. The molecule has 17 heavy (non-hydrogen) atoms. The van der Waals surface area contributed by atoms with E-state index in [9.17, 15) is 4.79 Å². The summed E-state index contributed by atoms with van der Waals surface area (Å²) in [6.07, 6.45) is 1.58. The molecule has 0 aliphatic heterocycles. The van der Waals surface area contributed by atoms with Gasteiger partial charge in [-0.15, -0.1) is 0 Å². The van der Waals surface area contributed by atoms with Gasteiger partial charge in [0, 0.05) is 22.8 Å². The van der Waals surface area contributed by atoms with Gasteiger partial charge in [0.2, 0.25) is 5.78 Å². The molecule has 0 unspecified atom stereocenters. The number of nitrogens with zero attached hydrogens (tertiary/aromatic N) is 1. The van der Waals surface area contributed by atoms with Crippen molar-refractivity contribution in [2.75, 3.05) is 0 Å². The molecule has 0 atom stereocenters. The topological polar surface area (TPSA) is 61.5 Å². The first-order valence-electron chi connectivity index (χ1n) is 5.39. The smallest absolute Gasteiger partial charge is 0.213 e. The number of aromatic nitrogens is 3. The minimum Gasteiger partial charge on any atom is -0.358 e. The molecule has 0 aliphatic carbocycles. The molecule has 3 aromatic rings. The van der Waals surface area contributed by atoms with E-state index >= 15 is 0 Å². The number of hydrogen-bond donors (Lipinski definition) is 2. The monoisotopic (exact) mass is 225 g/mol. The number of para-hydroxylation sites is 1. The van der Waals surface area contributed by atoms with Gasteiger partial charge in [0.25, 0.3) is 0 Å². The number of hydrogen-bond acceptors (Lipinski definition) is 2. The van der Waals surface area contributed by atoms with Crippen molar-refractivity contribution in [2.45, 2.75) is 6.92 Å². The number of H-pyrrole nitrogens is 2. The van der Waals surface area contributed by atoms with Crippen LogP contribution in [0.3, 0.4) is 0 Å². The van der Waals surface area contributed by atoms with Crippen LogP contribution in [-0.2, 0) is 0 Å². The Balaban J connectivity index is 2.24. The summed E-state index contributed by atoms with van der Waals surface area (Å²) in [6, 6.07) is 9.47. The zero-order chi connectivity index (χ0) is 11.8. The van der Waals surface area contributed by atoms with E-state index in [1.807, 2.05) is 31.2 Å². The Kier molecular flexibility index (Phi) is 2.08. The third-order valence-corrected chi connectivity index (χ3v) is 2.87. The second kappa shape index (κ2) is 3.59. The van der Waals surface area contributed by atoms with Crippen LogP contribution in [0.15, 0.2) is 36.5 Å². The number of fused-ring (bicyclic) bond motifs is 1. The van der Waals surface area contributed by atoms with Gasteiger partial charge in [-0.3, -0.25) is 9.89 Å². The van der Waals surface area contributed by atoms with Gasteiger partial charge in [-0.1, -0.05) is 18.2 Å². The van der Waals surface area contributed by atoms with Crippen LogP contribution in [0.25, 0.3) is 10.9 Å². The van der Waals surface area contributed by atoms with E-state index in [0.29, 0.717) is 11.3 Å². The molecule has 4 heteroatoms. The van der Waals surface area contributed by atoms with Gasteiger partial charge in [0.1, 0.15) is 5.69 Å². The molecule has 3 rings (SSSR count). The second-order valence-electron chi connectivity index (χ2n) is 3.97. The van der Waals surface area contributed by atoms with Gasteiger partial charge in [-0.05, 0) is 19.1 Å². The Morgan fingerprint density at radius 3 is 2.82 bits per heavy atom. The van der Waals surface area contributed by atoms with Crippen LogP contribution in [0.1, 0.15) is 21.7 Å². The maximum atomic E-state index is 12.3. The highest BCUT2D eigenvalue weighted by Gasteiger charge is 2.17. The number of aromatic amines is 2. The number of aryl methyl sites for hydroxylation is 1. The Morgan fingerprint density at radius 2 is 2.06 bits per heavy atom. The Bertz CT molecular complexity index is 680. The fourth-order valence-electron chi connectivity index (χ4n) is 2.09. The summed E-state index contributed by atoms with van der Waals surface area (Å²) in [5, 5.41) is 7.46. The standard InChI is InChI=1S/C13H11N3O/c1-8-12(13(17)11-6-7-14-16-11)9-4-2-3-5-10(9)15-8/h2-7,15H,1H3,(H,14,16). The predicted molar refractivity (Wildman–Crippen MR) is 65.1 cm³/mol. The second-order valence-corrected chi connectivity index (χ2v) is 3.97. The van der Waals surface area contributed by atoms with Crippen molar-refractivity contribution < 1.29 is 4.79 Å². The van der Waals surface area contributed by atoms with Crippen molar-refractivity contribution in [2.24, 2.45) is 0 Å². The van der Waals surface area contributed by atoms with Crippen molar-refractivity contribution in [1.82, 2.24) is 15.2 Å². The predicted octanol–water partition coefficient (Wildman–Crippen LogP) is 2.43. The van der Waals surface area contributed by atoms with Crippen molar-refractivity contribution in [3.05, 3.63) is 53.5 Å². The van der Waals surface area contributed by atoms with E-state index in [4.69, 9.17) is 0 Å².